The van der Waals surface area contributed by atoms with E-state index in [-0.39, 0.29) is 29.5 Å². The highest BCUT2D eigenvalue weighted by molar-refractivity contribution is 7.91. The van der Waals surface area contributed by atoms with Crippen molar-refractivity contribution in [1.82, 2.24) is 9.88 Å². The molecule has 0 unspecified atom stereocenters. The number of hydrogen-bond donors (Lipinski definition) is 2. The minimum Gasteiger partial charge on any atom is -0.478 e. The van der Waals surface area contributed by atoms with Crippen LogP contribution < -0.4 is 9.46 Å². The van der Waals surface area contributed by atoms with Crippen molar-refractivity contribution < 1.29 is 23.1 Å². The highest BCUT2D eigenvalue weighted by Crippen LogP contribution is 2.25. The van der Waals surface area contributed by atoms with E-state index < -0.39 is 16.0 Å². The Balaban J connectivity index is 2.19. The molecule has 0 fully saturated rings. The fraction of sp³-hybridized carbons (Fsp3) is 0.429. The van der Waals surface area contributed by atoms with Crippen molar-refractivity contribution in [2.45, 2.75) is 45.5 Å². The molecule has 164 valence electrons. The van der Waals surface area contributed by atoms with E-state index in [4.69, 9.17) is 4.74 Å². The molecule has 0 atom stereocenters. The molecule has 8 nitrogen and oxygen atoms in total. The van der Waals surface area contributed by atoms with Gasteiger partial charge in [-0.05, 0) is 39.3 Å². The number of hydrogen-bond acceptors (Lipinski definition) is 6. The molecule has 1 aromatic carbocycles. The minimum absolute atomic E-state index is 0.00600. The van der Waals surface area contributed by atoms with Crippen LogP contribution in [0.2, 0.25) is 0 Å². The van der Waals surface area contributed by atoms with E-state index >= 15 is 0 Å². The number of sulfonamides is 1. The highest BCUT2D eigenvalue weighted by atomic mass is 32.2. The maximum Gasteiger partial charge on any atom is 0.337 e. The number of rotatable bonds is 11. The number of carboxylic acid groups (broad SMARTS) is 1. The summed E-state index contributed by atoms with van der Waals surface area (Å²) in [7, 11) is -3.79. The van der Waals surface area contributed by atoms with Gasteiger partial charge in [-0.15, -0.1) is 0 Å². The Kier molecular flexibility index (Phi) is 8.19. The summed E-state index contributed by atoms with van der Waals surface area (Å²) >= 11 is 0. The predicted molar refractivity (Wildman–Crippen MR) is 116 cm³/mol. The molecule has 0 amide bonds. The van der Waals surface area contributed by atoms with Crippen LogP contribution in [-0.2, 0) is 15.8 Å². The van der Waals surface area contributed by atoms with Crippen LogP contribution in [0.4, 0.5) is 5.69 Å². The molecule has 2 N–H and O–H groups in total. The van der Waals surface area contributed by atoms with E-state index in [0.29, 0.717) is 24.2 Å². The van der Waals surface area contributed by atoms with Gasteiger partial charge >= 0.3 is 5.97 Å². The monoisotopic (exact) mass is 435 g/mol. The molecule has 1 heterocycles. The fourth-order valence-electron chi connectivity index (χ4n) is 3.11. The van der Waals surface area contributed by atoms with Crippen molar-refractivity contribution in [3.05, 3.63) is 53.7 Å². The zero-order valence-electron chi connectivity index (χ0n) is 17.7. The quantitative estimate of drug-likeness (QED) is 0.558. The van der Waals surface area contributed by atoms with Crippen molar-refractivity contribution in [2.75, 3.05) is 17.9 Å². The summed E-state index contributed by atoms with van der Waals surface area (Å²) < 4.78 is 33.4. The topological polar surface area (TPSA) is 109 Å². The lowest BCUT2D eigenvalue weighted by molar-refractivity contribution is 0.0696. The van der Waals surface area contributed by atoms with E-state index in [9.17, 15) is 18.3 Å². The lowest BCUT2D eigenvalue weighted by Crippen LogP contribution is -2.39. The Labute approximate surface area is 177 Å². The number of anilines is 1. The van der Waals surface area contributed by atoms with Crippen LogP contribution in [0.1, 0.15) is 43.6 Å². The molecular formula is C21H29N3O5S. The standard InChI is InChI=1S/C21H29N3O5S/c1-15(2)24(16(3)4)10-11-29-20-19(12-18(13-22-20)21(25)26)23-30(27,28)14-17-8-6-5-7-9-17/h5-9,12-13,15-16,23H,10-11,14H2,1-4H3,(H,25,26). The van der Waals surface area contributed by atoms with Crippen molar-refractivity contribution >= 4 is 21.7 Å². The van der Waals surface area contributed by atoms with E-state index in [1.165, 1.54) is 6.07 Å². The van der Waals surface area contributed by atoms with Crippen LogP contribution >= 0.6 is 0 Å². The summed E-state index contributed by atoms with van der Waals surface area (Å²) in [5.74, 6) is -1.41. The number of nitrogens with zero attached hydrogens (tertiary/aromatic N) is 2. The van der Waals surface area contributed by atoms with Crippen LogP contribution in [0, 0.1) is 0 Å². The van der Waals surface area contributed by atoms with Crippen LogP contribution in [-0.4, -0.2) is 54.6 Å². The second-order valence-electron chi connectivity index (χ2n) is 7.50. The van der Waals surface area contributed by atoms with Crippen molar-refractivity contribution in [1.29, 1.82) is 0 Å². The molecular weight excluding hydrogens is 406 g/mol. The Morgan fingerprint density at radius 3 is 2.37 bits per heavy atom. The molecule has 2 aromatic rings. The summed E-state index contributed by atoms with van der Waals surface area (Å²) in [4.78, 5) is 17.6. The van der Waals surface area contributed by atoms with E-state index in [1.54, 1.807) is 30.3 Å². The molecule has 1 aromatic heterocycles. The third-order valence-electron chi connectivity index (χ3n) is 4.48. The van der Waals surface area contributed by atoms with E-state index in [0.717, 1.165) is 6.20 Å². The zero-order valence-corrected chi connectivity index (χ0v) is 18.5. The van der Waals surface area contributed by atoms with Crippen LogP contribution in [0.3, 0.4) is 0 Å². The molecule has 0 bridgehead atoms. The maximum atomic E-state index is 12.6. The van der Waals surface area contributed by atoms with Crippen LogP contribution in [0.25, 0.3) is 0 Å². The number of carbonyl (C=O) groups is 1. The maximum absolute atomic E-state index is 12.6. The molecule has 0 aliphatic carbocycles. The van der Waals surface area contributed by atoms with Crippen molar-refractivity contribution in [3.63, 3.8) is 0 Å². The summed E-state index contributed by atoms with van der Waals surface area (Å²) in [6.45, 7) is 9.25. The van der Waals surface area contributed by atoms with E-state index in [2.05, 4.69) is 42.3 Å². The molecule has 0 saturated carbocycles. The fourth-order valence-corrected chi connectivity index (χ4v) is 4.30. The molecule has 0 aliphatic heterocycles. The number of pyridine rings is 1. The first-order valence-corrected chi connectivity index (χ1v) is 11.4. The lowest BCUT2D eigenvalue weighted by Gasteiger charge is -2.30. The number of benzene rings is 1. The van der Waals surface area contributed by atoms with Gasteiger partial charge in [0.25, 0.3) is 0 Å². The third-order valence-corrected chi connectivity index (χ3v) is 5.72. The van der Waals surface area contributed by atoms with Gasteiger partial charge in [-0.1, -0.05) is 30.3 Å². The van der Waals surface area contributed by atoms with Crippen LogP contribution in [0.5, 0.6) is 5.88 Å². The van der Waals surface area contributed by atoms with E-state index in [1.807, 2.05) is 0 Å². The van der Waals surface area contributed by atoms with Crippen molar-refractivity contribution in [2.24, 2.45) is 0 Å². The van der Waals surface area contributed by atoms with Crippen LogP contribution in [0.15, 0.2) is 42.6 Å². The smallest absolute Gasteiger partial charge is 0.337 e. The van der Waals surface area contributed by atoms with Gasteiger partial charge in [0.05, 0.1) is 11.3 Å². The normalized spacial score (nSPS) is 11.8. The molecule has 0 spiro atoms. The third kappa shape index (κ3) is 7.00. The SMILES string of the molecule is CC(C)N(CCOc1ncc(C(=O)O)cc1NS(=O)(=O)Cc1ccccc1)C(C)C. The first kappa shape index (κ1) is 23.6. The molecule has 0 aliphatic rings. The van der Waals surface area contributed by atoms with Gasteiger partial charge in [0.1, 0.15) is 12.3 Å². The van der Waals surface area contributed by atoms with Gasteiger partial charge in [-0.2, -0.15) is 0 Å². The van der Waals surface area contributed by atoms with Gasteiger partial charge in [0.15, 0.2) is 0 Å². The Morgan fingerprint density at radius 1 is 1.17 bits per heavy atom. The molecule has 30 heavy (non-hydrogen) atoms. The van der Waals surface area contributed by atoms with Gasteiger partial charge in [0.2, 0.25) is 15.9 Å². The summed E-state index contributed by atoms with van der Waals surface area (Å²) in [5.41, 5.74) is 0.483. The summed E-state index contributed by atoms with van der Waals surface area (Å²) in [5, 5.41) is 9.24. The predicted octanol–water partition coefficient (Wildman–Crippen LogP) is 3.22. The second-order valence-corrected chi connectivity index (χ2v) is 9.22. The minimum atomic E-state index is -3.79. The zero-order chi connectivity index (χ0) is 22.3. The Morgan fingerprint density at radius 2 is 1.80 bits per heavy atom. The lowest BCUT2D eigenvalue weighted by atomic mass is 10.2. The van der Waals surface area contributed by atoms with Gasteiger partial charge in [0, 0.05) is 24.8 Å². The average Bonchev–Trinajstić information content (AvgIpc) is 2.65. The average molecular weight is 436 g/mol. The van der Waals surface area contributed by atoms with Crippen molar-refractivity contribution in [3.8, 4) is 5.88 Å². The summed E-state index contributed by atoms with van der Waals surface area (Å²) in [6.07, 6.45) is 1.15. The van der Waals surface area contributed by atoms with Gasteiger partial charge in [-0.25, -0.2) is 18.2 Å². The number of aromatic carboxylic acids is 1. The number of carboxylic acids is 1. The van der Waals surface area contributed by atoms with Gasteiger partial charge < -0.3 is 9.84 Å². The van der Waals surface area contributed by atoms with Gasteiger partial charge in [-0.3, -0.25) is 9.62 Å². The molecule has 0 saturated heterocycles. The summed E-state index contributed by atoms with van der Waals surface area (Å²) in [6, 6.07) is 10.6. The Hall–Kier alpha value is -2.65. The first-order valence-electron chi connectivity index (χ1n) is 9.75. The number of aromatic nitrogens is 1. The largest absolute Gasteiger partial charge is 0.478 e. The molecule has 0 radical (unpaired) electrons. The second kappa shape index (κ2) is 10.4. The first-order chi connectivity index (χ1) is 14.1. The number of nitrogens with one attached hydrogen (secondary N) is 1. The Bertz CT molecular complexity index is 938. The highest BCUT2D eigenvalue weighted by Gasteiger charge is 2.19. The molecule has 2 rings (SSSR count). The molecule has 9 heteroatoms. The number of ether oxygens (including phenoxy) is 1.